The van der Waals surface area contributed by atoms with E-state index in [2.05, 4.69) is 5.32 Å². The van der Waals surface area contributed by atoms with Gasteiger partial charge in [-0.05, 0) is 31.2 Å². The molecule has 1 aromatic heterocycles. The number of aryl methyl sites for hydroxylation is 1. The summed E-state index contributed by atoms with van der Waals surface area (Å²) in [5.74, 6) is -0.483. The number of ether oxygens (including phenoxy) is 1. The number of thiophene rings is 1. The molecule has 0 radical (unpaired) electrons. The fourth-order valence-electron chi connectivity index (χ4n) is 2.19. The van der Waals surface area contributed by atoms with E-state index in [1.807, 2.05) is 6.92 Å². The number of rotatable bonds is 5. The van der Waals surface area contributed by atoms with Crippen LogP contribution in [0, 0.1) is 0 Å². The lowest BCUT2D eigenvalue weighted by atomic mass is 10.1. The number of primary amides is 1. The van der Waals surface area contributed by atoms with Crippen molar-refractivity contribution in [2.24, 2.45) is 5.73 Å². The highest BCUT2D eigenvalue weighted by Crippen LogP contribution is 2.38. The molecule has 0 saturated carbocycles. The molecule has 1 aromatic rings. The number of hydrogen-bond acceptors (Lipinski definition) is 4. The molecule has 2 amide bonds. The highest BCUT2D eigenvalue weighted by atomic mass is 32.1. The summed E-state index contributed by atoms with van der Waals surface area (Å²) in [4.78, 5) is 24.3. The van der Waals surface area contributed by atoms with Crippen molar-refractivity contribution in [1.29, 1.82) is 0 Å². The van der Waals surface area contributed by atoms with Gasteiger partial charge in [-0.15, -0.1) is 11.3 Å². The van der Waals surface area contributed by atoms with E-state index in [4.69, 9.17) is 10.5 Å². The first-order valence-corrected chi connectivity index (χ1v) is 7.33. The second-order valence-corrected chi connectivity index (χ2v) is 5.65. The van der Waals surface area contributed by atoms with Crippen molar-refractivity contribution < 1.29 is 14.3 Å². The molecular formula is C13H18N2O3S. The number of carbonyl (C=O) groups is 2. The van der Waals surface area contributed by atoms with Crippen LogP contribution in [0.2, 0.25) is 0 Å². The van der Waals surface area contributed by atoms with Crippen molar-refractivity contribution in [3.8, 4) is 0 Å². The van der Waals surface area contributed by atoms with Gasteiger partial charge in [-0.3, -0.25) is 10.1 Å². The highest BCUT2D eigenvalue weighted by molar-refractivity contribution is 7.17. The fraction of sp³-hybridized carbons (Fsp3) is 0.538. The zero-order valence-electron chi connectivity index (χ0n) is 11.0. The van der Waals surface area contributed by atoms with Crippen LogP contribution in [-0.4, -0.2) is 18.6 Å². The van der Waals surface area contributed by atoms with Crippen LogP contribution in [0.25, 0.3) is 0 Å². The molecule has 1 heterocycles. The first kappa shape index (κ1) is 13.9. The summed E-state index contributed by atoms with van der Waals surface area (Å²) in [6.07, 6.45) is 4.13. The van der Waals surface area contributed by atoms with Gasteiger partial charge < -0.3 is 10.5 Å². The summed E-state index contributed by atoms with van der Waals surface area (Å²) in [5, 5.41) is 3.16. The van der Waals surface area contributed by atoms with Gasteiger partial charge in [-0.1, -0.05) is 13.3 Å². The van der Waals surface area contributed by atoms with Crippen LogP contribution in [0.1, 0.15) is 47.0 Å². The van der Waals surface area contributed by atoms with Gasteiger partial charge in [0.05, 0.1) is 12.2 Å². The van der Waals surface area contributed by atoms with Crippen LogP contribution in [0.5, 0.6) is 0 Å². The Hall–Kier alpha value is -1.56. The fourth-order valence-corrected chi connectivity index (χ4v) is 3.47. The van der Waals surface area contributed by atoms with E-state index in [1.165, 1.54) is 11.3 Å². The summed E-state index contributed by atoms with van der Waals surface area (Å²) in [7, 11) is 0. The third kappa shape index (κ3) is 3.07. The van der Waals surface area contributed by atoms with E-state index >= 15 is 0 Å². The van der Waals surface area contributed by atoms with Crippen LogP contribution in [0.3, 0.4) is 0 Å². The summed E-state index contributed by atoms with van der Waals surface area (Å²) >= 11 is 1.43. The van der Waals surface area contributed by atoms with Gasteiger partial charge in [0.25, 0.3) is 5.91 Å². The number of fused-ring (bicyclic) bond motifs is 1. The highest BCUT2D eigenvalue weighted by Gasteiger charge is 2.26. The summed E-state index contributed by atoms with van der Waals surface area (Å²) < 4.78 is 5.03. The number of amides is 2. The Labute approximate surface area is 116 Å². The number of hydrogen-bond donors (Lipinski definition) is 2. The van der Waals surface area contributed by atoms with Crippen molar-refractivity contribution >= 4 is 28.3 Å². The maximum absolute atomic E-state index is 11.6. The molecule has 0 aromatic carbocycles. The molecule has 6 heteroatoms. The molecule has 0 fully saturated rings. The first-order valence-electron chi connectivity index (χ1n) is 6.51. The molecule has 1 aliphatic carbocycles. The van der Waals surface area contributed by atoms with Gasteiger partial charge in [-0.25, -0.2) is 4.79 Å². The smallest absolute Gasteiger partial charge is 0.412 e. The zero-order chi connectivity index (χ0) is 13.8. The molecule has 104 valence electrons. The van der Waals surface area contributed by atoms with Gasteiger partial charge in [0.1, 0.15) is 5.00 Å². The van der Waals surface area contributed by atoms with Crippen LogP contribution < -0.4 is 11.1 Å². The molecule has 0 aliphatic heterocycles. The standard InChI is InChI=1S/C13H18N2O3S/c1-2-3-7-18-13(17)15-12-10(11(14)16)8-5-4-6-9(8)19-12/h2-7H2,1H3,(H2,14,16)(H,15,17). The van der Waals surface area contributed by atoms with Crippen LogP contribution in [0.4, 0.5) is 9.80 Å². The zero-order valence-corrected chi connectivity index (χ0v) is 11.8. The molecule has 0 bridgehead atoms. The SMILES string of the molecule is CCCCOC(=O)Nc1sc2c(c1C(N)=O)CCC2. The average Bonchev–Trinajstić information content (AvgIpc) is 2.88. The predicted molar refractivity (Wildman–Crippen MR) is 74.7 cm³/mol. The summed E-state index contributed by atoms with van der Waals surface area (Å²) in [6, 6.07) is 0. The van der Waals surface area contributed by atoms with Crippen molar-refractivity contribution in [2.75, 3.05) is 11.9 Å². The third-order valence-electron chi connectivity index (χ3n) is 3.11. The van der Waals surface area contributed by atoms with Gasteiger partial charge in [0.15, 0.2) is 0 Å². The number of nitrogens with two attached hydrogens (primary N) is 1. The molecule has 1 aliphatic rings. The summed E-state index contributed by atoms with van der Waals surface area (Å²) in [6.45, 7) is 2.41. The van der Waals surface area contributed by atoms with Crippen molar-refractivity contribution in [2.45, 2.75) is 39.0 Å². The normalized spacial score (nSPS) is 13.1. The van der Waals surface area contributed by atoms with Crippen molar-refractivity contribution in [3.05, 3.63) is 16.0 Å². The number of carbonyl (C=O) groups excluding carboxylic acids is 2. The molecule has 0 saturated heterocycles. The minimum Gasteiger partial charge on any atom is -0.449 e. The molecular weight excluding hydrogens is 264 g/mol. The largest absolute Gasteiger partial charge is 0.449 e. The minimum atomic E-state index is -0.518. The van der Waals surface area contributed by atoms with E-state index < -0.39 is 12.0 Å². The van der Waals surface area contributed by atoms with Crippen molar-refractivity contribution in [3.63, 3.8) is 0 Å². The quantitative estimate of drug-likeness (QED) is 0.815. The van der Waals surface area contributed by atoms with Gasteiger partial charge in [0, 0.05) is 4.88 Å². The Morgan fingerprint density at radius 2 is 2.21 bits per heavy atom. The molecule has 0 spiro atoms. The van der Waals surface area contributed by atoms with E-state index in [0.717, 1.165) is 42.5 Å². The Kier molecular flexibility index (Phi) is 4.42. The van der Waals surface area contributed by atoms with Crippen LogP contribution in [0.15, 0.2) is 0 Å². The summed E-state index contributed by atoms with van der Waals surface area (Å²) in [5.41, 5.74) is 6.87. The monoisotopic (exact) mass is 282 g/mol. The second kappa shape index (κ2) is 6.06. The maximum atomic E-state index is 11.6. The molecule has 5 nitrogen and oxygen atoms in total. The van der Waals surface area contributed by atoms with Crippen LogP contribution in [-0.2, 0) is 17.6 Å². The number of unbranched alkanes of at least 4 members (excludes halogenated alkanes) is 1. The van der Waals surface area contributed by atoms with Crippen molar-refractivity contribution in [1.82, 2.24) is 0 Å². The topological polar surface area (TPSA) is 81.4 Å². The molecule has 3 N–H and O–H groups in total. The minimum absolute atomic E-state index is 0.388. The lowest BCUT2D eigenvalue weighted by molar-refractivity contribution is 0.100. The lowest BCUT2D eigenvalue weighted by Gasteiger charge is -2.06. The van der Waals surface area contributed by atoms with Gasteiger partial charge >= 0.3 is 6.09 Å². The van der Waals surface area contributed by atoms with Gasteiger partial charge in [-0.2, -0.15) is 0 Å². The Morgan fingerprint density at radius 3 is 2.89 bits per heavy atom. The first-order chi connectivity index (χ1) is 9.13. The number of anilines is 1. The maximum Gasteiger partial charge on any atom is 0.412 e. The van der Waals surface area contributed by atoms with E-state index in [0.29, 0.717) is 17.2 Å². The second-order valence-electron chi connectivity index (χ2n) is 4.54. The van der Waals surface area contributed by atoms with E-state index in [-0.39, 0.29) is 0 Å². The predicted octanol–water partition coefficient (Wildman–Crippen LogP) is 2.68. The van der Waals surface area contributed by atoms with Crippen LogP contribution >= 0.6 is 11.3 Å². The average molecular weight is 282 g/mol. The molecule has 19 heavy (non-hydrogen) atoms. The Bertz CT molecular complexity index is 496. The Balaban J connectivity index is 2.08. The number of nitrogens with one attached hydrogen (secondary N) is 1. The molecule has 2 rings (SSSR count). The van der Waals surface area contributed by atoms with E-state index in [9.17, 15) is 9.59 Å². The Morgan fingerprint density at radius 1 is 1.42 bits per heavy atom. The lowest BCUT2D eigenvalue weighted by Crippen LogP contribution is -2.18. The van der Waals surface area contributed by atoms with Gasteiger partial charge in [0.2, 0.25) is 0 Å². The molecule has 0 atom stereocenters. The molecule has 0 unspecified atom stereocenters. The van der Waals surface area contributed by atoms with E-state index in [1.54, 1.807) is 0 Å². The third-order valence-corrected chi connectivity index (χ3v) is 4.32.